The number of benzene rings is 2. The Labute approximate surface area is 180 Å². The number of carbonyl (C=O) groups is 1. The molecule has 5 rings (SSSR count). The van der Waals surface area contributed by atoms with E-state index in [-0.39, 0.29) is 11.2 Å². The Hall–Kier alpha value is -2.35. The van der Waals surface area contributed by atoms with Crippen LogP contribution in [-0.2, 0) is 11.2 Å². The Morgan fingerprint density at radius 2 is 2.00 bits per heavy atom. The maximum atomic E-state index is 13.0. The van der Waals surface area contributed by atoms with Crippen LogP contribution in [0.5, 0.6) is 0 Å². The van der Waals surface area contributed by atoms with Crippen LogP contribution in [0.2, 0.25) is 5.02 Å². The van der Waals surface area contributed by atoms with Crippen LogP contribution >= 0.6 is 34.7 Å². The summed E-state index contributed by atoms with van der Waals surface area (Å²) >= 11 is 9.29. The van der Waals surface area contributed by atoms with Crippen molar-refractivity contribution < 1.29 is 9.21 Å². The van der Waals surface area contributed by atoms with Gasteiger partial charge in [-0.3, -0.25) is 4.79 Å². The van der Waals surface area contributed by atoms with Gasteiger partial charge in [0.2, 0.25) is 5.91 Å². The maximum absolute atomic E-state index is 13.0. The summed E-state index contributed by atoms with van der Waals surface area (Å²) in [6, 6.07) is 15.9. The Kier molecular flexibility index (Phi) is 4.81. The van der Waals surface area contributed by atoms with E-state index in [0.717, 1.165) is 27.1 Å². The van der Waals surface area contributed by atoms with E-state index < -0.39 is 0 Å². The largest absolute Gasteiger partial charge is 0.410 e. The van der Waals surface area contributed by atoms with Crippen LogP contribution in [0.4, 0.5) is 5.69 Å². The number of amides is 1. The molecule has 1 amide bonds. The zero-order valence-corrected chi connectivity index (χ0v) is 17.9. The quantitative estimate of drug-likeness (QED) is 0.381. The lowest BCUT2D eigenvalue weighted by molar-refractivity contribution is -0.117. The molecule has 1 aliphatic heterocycles. The Balaban J connectivity index is 1.35. The molecule has 4 aromatic rings. The molecule has 0 spiro atoms. The highest BCUT2D eigenvalue weighted by molar-refractivity contribution is 8.00. The Bertz CT molecular complexity index is 1220. The lowest BCUT2D eigenvalue weighted by atomic mass is 10.2. The van der Waals surface area contributed by atoms with Crippen molar-refractivity contribution >= 4 is 56.4 Å². The van der Waals surface area contributed by atoms with Gasteiger partial charge < -0.3 is 9.32 Å². The van der Waals surface area contributed by atoms with Crippen LogP contribution in [0.15, 0.2) is 58.2 Å². The summed E-state index contributed by atoms with van der Waals surface area (Å²) in [5, 5.41) is 9.88. The molecule has 0 fully saturated rings. The lowest BCUT2D eigenvalue weighted by Crippen LogP contribution is -2.35. The van der Waals surface area contributed by atoms with Crippen LogP contribution in [0.3, 0.4) is 0 Å². The van der Waals surface area contributed by atoms with Crippen molar-refractivity contribution in [1.82, 2.24) is 10.2 Å². The van der Waals surface area contributed by atoms with E-state index in [0.29, 0.717) is 22.7 Å². The summed E-state index contributed by atoms with van der Waals surface area (Å²) in [6.07, 6.45) is 0.883. The minimum absolute atomic E-state index is 0.0413. The first-order valence-electron chi connectivity index (χ1n) is 9.18. The summed E-state index contributed by atoms with van der Waals surface area (Å²) in [6.45, 7) is 2.57. The number of carbonyl (C=O) groups excluding carboxylic acids is 1. The third kappa shape index (κ3) is 3.33. The van der Waals surface area contributed by atoms with Gasteiger partial charge in [-0.1, -0.05) is 59.8 Å². The molecule has 5 nitrogen and oxygen atoms in total. The van der Waals surface area contributed by atoms with Gasteiger partial charge in [-0.2, -0.15) is 0 Å². The van der Waals surface area contributed by atoms with Gasteiger partial charge in [-0.25, -0.2) is 0 Å². The zero-order chi connectivity index (χ0) is 20.0. The number of thiophene rings is 1. The zero-order valence-electron chi connectivity index (χ0n) is 15.5. The highest BCUT2D eigenvalue weighted by Crippen LogP contribution is 2.42. The number of thioether (sulfide) groups is 1. The van der Waals surface area contributed by atoms with Gasteiger partial charge >= 0.3 is 0 Å². The smallest absolute Gasteiger partial charge is 0.277 e. The first-order valence-corrected chi connectivity index (χ1v) is 11.3. The minimum atomic E-state index is -0.340. The fourth-order valence-electron chi connectivity index (χ4n) is 3.49. The Morgan fingerprint density at radius 1 is 1.21 bits per heavy atom. The molecule has 3 heterocycles. The van der Waals surface area contributed by atoms with Gasteiger partial charge in [-0.15, -0.1) is 21.5 Å². The number of anilines is 1. The second-order valence-corrected chi connectivity index (χ2v) is 9.47. The third-order valence-corrected chi connectivity index (χ3v) is 7.50. The highest BCUT2D eigenvalue weighted by Gasteiger charge is 2.29. The fourth-order valence-corrected chi connectivity index (χ4v) is 5.67. The molecule has 1 aliphatic rings. The molecule has 0 radical (unpaired) electrons. The molecule has 0 N–H and O–H groups in total. The predicted octanol–water partition coefficient (Wildman–Crippen LogP) is 5.67. The first-order chi connectivity index (χ1) is 14.1. The van der Waals surface area contributed by atoms with Crippen LogP contribution in [-0.4, -0.2) is 27.9 Å². The van der Waals surface area contributed by atoms with E-state index in [4.69, 9.17) is 16.0 Å². The van der Waals surface area contributed by atoms with E-state index >= 15 is 0 Å². The van der Waals surface area contributed by atoms with Crippen LogP contribution in [0.1, 0.15) is 12.5 Å². The topological polar surface area (TPSA) is 59.2 Å². The molecule has 146 valence electrons. The van der Waals surface area contributed by atoms with Crippen molar-refractivity contribution in [3.63, 3.8) is 0 Å². The number of fused-ring (bicyclic) bond motifs is 2. The van der Waals surface area contributed by atoms with Gasteiger partial charge in [0.15, 0.2) is 0 Å². The van der Waals surface area contributed by atoms with Gasteiger partial charge in [-0.05, 0) is 31.0 Å². The number of hydrogen-bond donors (Lipinski definition) is 0. The van der Waals surface area contributed by atoms with E-state index in [1.807, 2.05) is 54.3 Å². The molecule has 0 unspecified atom stereocenters. The van der Waals surface area contributed by atoms with E-state index in [1.54, 1.807) is 0 Å². The van der Waals surface area contributed by atoms with E-state index in [1.165, 1.54) is 28.7 Å². The highest BCUT2D eigenvalue weighted by atomic mass is 35.5. The molecular formula is C21H16ClN3O2S2. The van der Waals surface area contributed by atoms with Crippen LogP contribution < -0.4 is 4.90 Å². The van der Waals surface area contributed by atoms with Crippen molar-refractivity contribution in [3.05, 3.63) is 59.1 Å². The average molecular weight is 442 g/mol. The lowest BCUT2D eigenvalue weighted by Gasteiger charge is -2.20. The Morgan fingerprint density at radius 3 is 2.86 bits per heavy atom. The SMILES string of the molecule is C[C@H](Sc1nnc(-c2sc3ccccc3c2Cl)o1)C(=O)N1CCc2ccccc21. The number of aromatic nitrogens is 2. The molecule has 0 aliphatic carbocycles. The van der Waals surface area contributed by atoms with Crippen molar-refractivity contribution in [2.24, 2.45) is 0 Å². The minimum Gasteiger partial charge on any atom is -0.410 e. The van der Waals surface area contributed by atoms with Gasteiger partial charge in [0.25, 0.3) is 11.1 Å². The summed E-state index contributed by atoms with van der Waals surface area (Å²) in [5.41, 5.74) is 2.20. The maximum Gasteiger partial charge on any atom is 0.277 e. The molecular weight excluding hydrogens is 426 g/mol. The third-order valence-electron chi connectivity index (χ3n) is 4.91. The van der Waals surface area contributed by atoms with Crippen LogP contribution in [0, 0.1) is 0 Å². The summed E-state index contributed by atoms with van der Waals surface area (Å²) in [7, 11) is 0. The predicted molar refractivity (Wildman–Crippen MR) is 118 cm³/mol. The molecule has 0 saturated heterocycles. The summed E-state index contributed by atoms with van der Waals surface area (Å²) < 4.78 is 6.89. The summed E-state index contributed by atoms with van der Waals surface area (Å²) in [5.74, 6) is 0.421. The number of rotatable bonds is 4. The molecule has 1 atom stereocenters. The average Bonchev–Trinajstić information content (AvgIpc) is 3.45. The standard InChI is InChI=1S/C21H16ClN3O2S2/c1-12(20(26)25-11-10-13-6-2-4-8-15(13)25)28-21-24-23-19(27-21)18-17(22)14-7-3-5-9-16(14)29-18/h2-9,12H,10-11H2,1H3/t12-/m0/s1. The second-order valence-electron chi connectivity index (χ2n) is 6.74. The van der Waals surface area contributed by atoms with Gasteiger partial charge in [0.1, 0.15) is 4.88 Å². The van der Waals surface area contributed by atoms with Crippen molar-refractivity contribution in [2.75, 3.05) is 11.4 Å². The molecule has 2 aromatic carbocycles. The number of nitrogens with zero attached hydrogens (tertiary/aromatic N) is 3. The van der Waals surface area contributed by atoms with Gasteiger partial charge in [0.05, 0.1) is 10.3 Å². The molecule has 8 heteroatoms. The fraction of sp³-hybridized carbons (Fsp3) is 0.190. The van der Waals surface area contributed by atoms with Crippen LogP contribution in [0.25, 0.3) is 20.9 Å². The molecule has 0 bridgehead atoms. The van der Waals surface area contributed by atoms with E-state index in [2.05, 4.69) is 16.3 Å². The number of halogens is 1. The van der Waals surface area contributed by atoms with Gasteiger partial charge in [0, 0.05) is 22.3 Å². The number of para-hydroxylation sites is 1. The molecule has 2 aromatic heterocycles. The van der Waals surface area contributed by atoms with Crippen molar-refractivity contribution in [1.29, 1.82) is 0 Å². The molecule has 29 heavy (non-hydrogen) atoms. The monoisotopic (exact) mass is 441 g/mol. The normalized spacial score (nSPS) is 14.3. The molecule has 0 saturated carbocycles. The summed E-state index contributed by atoms with van der Waals surface area (Å²) in [4.78, 5) is 15.5. The second kappa shape index (κ2) is 7.48. The van der Waals surface area contributed by atoms with Crippen molar-refractivity contribution in [3.8, 4) is 10.8 Å². The van der Waals surface area contributed by atoms with Crippen molar-refractivity contribution in [2.45, 2.75) is 23.8 Å². The number of hydrogen-bond acceptors (Lipinski definition) is 6. The van der Waals surface area contributed by atoms with E-state index in [9.17, 15) is 4.79 Å². The first kappa shape index (κ1) is 18.7.